The number of rotatable bonds is 3. The van der Waals surface area contributed by atoms with Gasteiger partial charge in [0.1, 0.15) is 0 Å². The van der Waals surface area contributed by atoms with Crippen LogP contribution in [0.4, 0.5) is 0 Å². The van der Waals surface area contributed by atoms with Gasteiger partial charge < -0.3 is 5.32 Å². The van der Waals surface area contributed by atoms with E-state index in [1.54, 1.807) is 6.08 Å². The Kier molecular flexibility index (Phi) is 3.52. The average molecular weight is 215 g/mol. The van der Waals surface area contributed by atoms with Crippen LogP contribution in [0.2, 0.25) is 0 Å². The van der Waals surface area contributed by atoms with E-state index in [2.05, 4.69) is 24.4 Å². The average Bonchev–Trinajstić information content (AvgIpc) is 2.81. The van der Waals surface area contributed by atoms with E-state index >= 15 is 0 Å². The number of ketones is 1. The van der Waals surface area contributed by atoms with Crippen LogP contribution in [0.5, 0.6) is 0 Å². The van der Waals surface area contributed by atoms with E-state index in [0.29, 0.717) is 0 Å². The van der Waals surface area contributed by atoms with Gasteiger partial charge in [-0.2, -0.15) is 0 Å². The summed E-state index contributed by atoms with van der Waals surface area (Å²) in [5.74, 6) is 0.193. The minimum atomic E-state index is 0.0432. The normalized spacial score (nSPS) is 20.4. The third-order valence-corrected chi connectivity index (χ3v) is 2.92. The van der Waals surface area contributed by atoms with Gasteiger partial charge in [-0.3, -0.25) is 4.79 Å². The third-order valence-electron chi connectivity index (χ3n) is 2.92. The summed E-state index contributed by atoms with van der Waals surface area (Å²) < 4.78 is 0. The summed E-state index contributed by atoms with van der Waals surface area (Å²) in [5.41, 5.74) is 2.32. The number of aryl methyl sites for hydroxylation is 1. The molecule has 2 heteroatoms. The molecule has 1 atom stereocenters. The van der Waals surface area contributed by atoms with Crippen molar-refractivity contribution >= 4 is 11.9 Å². The van der Waals surface area contributed by atoms with Crippen LogP contribution in [0.1, 0.15) is 24.0 Å². The van der Waals surface area contributed by atoms with E-state index in [1.165, 1.54) is 5.56 Å². The highest BCUT2D eigenvalue weighted by Crippen LogP contribution is 2.09. The lowest BCUT2D eigenvalue weighted by Crippen LogP contribution is -2.29. The highest BCUT2D eigenvalue weighted by molar-refractivity contribution is 5.97. The molecule has 16 heavy (non-hydrogen) atoms. The van der Waals surface area contributed by atoms with Crippen LogP contribution in [-0.4, -0.2) is 18.4 Å². The zero-order valence-electron chi connectivity index (χ0n) is 9.57. The molecule has 1 aliphatic rings. The molecule has 0 aromatic heterocycles. The molecule has 1 heterocycles. The lowest BCUT2D eigenvalue weighted by molar-refractivity contribution is -0.116. The Labute approximate surface area is 96.4 Å². The summed E-state index contributed by atoms with van der Waals surface area (Å²) in [6.45, 7) is 3.02. The summed E-state index contributed by atoms with van der Waals surface area (Å²) in [4.78, 5) is 11.7. The molecule has 1 N–H and O–H groups in total. The first kappa shape index (κ1) is 11.1. The molecule has 0 aliphatic carbocycles. The van der Waals surface area contributed by atoms with E-state index in [-0.39, 0.29) is 11.8 Å². The molecular weight excluding hydrogens is 198 g/mol. The Bertz CT molecular complexity index is 386. The summed E-state index contributed by atoms with van der Waals surface area (Å²) in [6, 6.07) is 8.21. The van der Waals surface area contributed by atoms with Crippen molar-refractivity contribution in [2.45, 2.75) is 25.8 Å². The topological polar surface area (TPSA) is 29.1 Å². The second kappa shape index (κ2) is 5.08. The molecule has 1 aromatic rings. The smallest absolute Gasteiger partial charge is 0.172 e. The van der Waals surface area contributed by atoms with Gasteiger partial charge in [0.2, 0.25) is 0 Å². The van der Waals surface area contributed by atoms with Crippen LogP contribution >= 0.6 is 0 Å². The van der Waals surface area contributed by atoms with Crippen molar-refractivity contribution in [2.24, 2.45) is 0 Å². The first-order valence-corrected chi connectivity index (χ1v) is 5.78. The molecule has 0 saturated carbocycles. The SMILES string of the molecule is Cc1ccc(/C=C/C(=O)C2CCCN2)cc1. The number of nitrogens with one attached hydrogen (secondary N) is 1. The van der Waals surface area contributed by atoms with Crippen LogP contribution in [0, 0.1) is 6.92 Å². The summed E-state index contributed by atoms with van der Waals surface area (Å²) in [6.07, 6.45) is 5.65. The molecule has 1 fully saturated rings. The zero-order valence-corrected chi connectivity index (χ0v) is 9.57. The minimum Gasteiger partial charge on any atom is -0.307 e. The number of benzene rings is 1. The molecular formula is C14H17NO. The van der Waals surface area contributed by atoms with Crippen LogP contribution in [0.3, 0.4) is 0 Å². The molecule has 2 rings (SSSR count). The van der Waals surface area contributed by atoms with Gasteiger partial charge in [0.05, 0.1) is 6.04 Å². The summed E-state index contributed by atoms with van der Waals surface area (Å²) in [7, 11) is 0. The first-order chi connectivity index (χ1) is 7.75. The zero-order chi connectivity index (χ0) is 11.4. The number of hydrogen-bond acceptors (Lipinski definition) is 2. The van der Waals surface area contributed by atoms with Gasteiger partial charge in [-0.05, 0) is 37.9 Å². The van der Waals surface area contributed by atoms with E-state index < -0.39 is 0 Å². The van der Waals surface area contributed by atoms with Gasteiger partial charge in [-0.1, -0.05) is 35.9 Å². The van der Waals surface area contributed by atoms with E-state index in [1.807, 2.05) is 18.2 Å². The van der Waals surface area contributed by atoms with E-state index in [9.17, 15) is 4.79 Å². The molecule has 0 spiro atoms. The van der Waals surface area contributed by atoms with E-state index in [4.69, 9.17) is 0 Å². The predicted octanol–water partition coefficient (Wildman–Crippen LogP) is 2.33. The number of carbonyl (C=O) groups is 1. The summed E-state index contributed by atoms with van der Waals surface area (Å²) in [5, 5.41) is 3.20. The Morgan fingerprint density at radius 3 is 2.75 bits per heavy atom. The molecule has 0 radical (unpaired) electrons. The Hall–Kier alpha value is -1.41. The Balaban J connectivity index is 1.97. The van der Waals surface area contributed by atoms with Crippen LogP contribution in [-0.2, 0) is 4.79 Å². The standard InChI is InChI=1S/C14H17NO/c1-11-4-6-12(7-5-11)8-9-14(16)13-3-2-10-15-13/h4-9,13,15H,2-3,10H2,1H3/b9-8+. The van der Waals surface area contributed by atoms with Crippen molar-refractivity contribution in [3.8, 4) is 0 Å². The van der Waals surface area contributed by atoms with Crippen LogP contribution < -0.4 is 5.32 Å². The maximum Gasteiger partial charge on any atom is 0.172 e. The van der Waals surface area contributed by atoms with Gasteiger partial charge in [0.25, 0.3) is 0 Å². The second-order valence-electron chi connectivity index (χ2n) is 4.30. The maximum atomic E-state index is 11.7. The van der Waals surface area contributed by atoms with Gasteiger partial charge >= 0.3 is 0 Å². The van der Waals surface area contributed by atoms with Crippen molar-refractivity contribution in [2.75, 3.05) is 6.54 Å². The molecule has 84 valence electrons. The third kappa shape index (κ3) is 2.80. The van der Waals surface area contributed by atoms with Gasteiger partial charge in [0.15, 0.2) is 5.78 Å². The first-order valence-electron chi connectivity index (χ1n) is 5.78. The lowest BCUT2D eigenvalue weighted by Gasteiger charge is -2.04. The van der Waals surface area contributed by atoms with Crippen molar-refractivity contribution < 1.29 is 4.79 Å². The predicted molar refractivity (Wildman–Crippen MR) is 66.2 cm³/mol. The molecule has 0 amide bonds. The fourth-order valence-electron chi connectivity index (χ4n) is 1.90. The highest BCUT2D eigenvalue weighted by atomic mass is 16.1. The molecule has 1 unspecified atom stereocenters. The number of hydrogen-bond donors (Lipinski definition) is 1. The monoisotopic (exact) mass is 215 g/mol. The van der Waals surface area contributed by atoms with Crippen molar-refractivity contribution in [1.29, 1.82) is 0 Å². The fraction of sp³-hybridized carbons (Fsp3) is 0.357. The second-order valence-corrected chi connectivity index (χ2v) is 4.30. The van der Waals surface area contributed by atoms with Gasteiger partial charge in [-0.25, -0.2) is 0 Å². The fourth-order valence-corrected chi connectivity index (χ4v) is 1.90. The van der Waals surface area contributed by atoms with Crippen LogP contribution in [0.25, 0.3) is 6.08 Å². The molecule has 1 aromatic carbocycles. The summed E-state index contributed by atoms with van der Waals surface area (Å²) >= 11 is 0. The highest BCUT2D eigenvalue weighted by Gasteiger charge is 2.19. The van der Waals surface area contributed by atoms with Crippen molar-refractivity contribution in [3.63, 3.8) is 0 Å². The maximum absolute atomic E-state index is 11.7. The lowest BCUT2D eigenvalue weighted by atomic mass is 10.1. The molecule has 1 saturated heterocycles. The van der Waals surface area contributed by atoms with Crippen molar-refractivity contribution in [1.82, 2.24) is 5.32 Å². The molecule has 1 aliphatic heterocycles. The Morgan fingerprint density at radius 1 is 1.38 bits per heavy atom. The largest absolute Gasteiger partial charge is 0.307 e. The number of carbonyl (C=O) groups excluding carboxylic acids is 1. The molecule has 2 nitrogen and oxygen atoms in total. The van der Waals surface area contributed by atoms with Crippen molar-refractivity contribution in [3.05, 3.63) is 41.5 Å². The van der Waals surface area contributed by atoms with Gasteiger partial charge in [0, 0.05) is 0 Å². The minimum absolute atomic E-state index is 0.0432. The van der Waals surface area contributed by atoms with Gasteiger partial charge in [-0.15, -0.1) is 0 Å². The van der Waals surface area contributed by atoms with E-state index in [0.717, 1.165) is 24.9 Å². The van der Waals surface area contributed by atoms with Crippen LogP contribution in [0.15, 0.2) is 30.3 Å². The Morgan fingerprint density at radius 2 is 2.12 bits per heavy atom. The molecule has 0 bridgehead atoms. The quantitative estimate of drug-likeness (QED) is 0.784.